The fourth-order valence-corrected chi connectivity index (χ4v) is 3.47. The second kappa shape index (κ2) is 7.13. The van der Waals surface area contributed by atoms with Crippen molar-refractivity contribution in [2.75, 3.05) is 12.4 Å². The summed E-state index contributed by atoms with van der Waals surface area (Å²) in [5, 5.41) is 8.01. The Hall–Kier alpha value is -3.32. The number of nitrogens with one attached hydrogen (secondary N) is 2. The number of carbonyl (C=O) groups excluding carboxylic acids is 2. The molecule has 0 aliphatic carbocycles. The average molecular weight is 380 g/mol. The molecule has 6 nitrogen and oxygen atoms in total. The van der Waals surface area contributed by atoms with Gasteiger partial charge in [0.1, 0.15) is 11.0 Å². The normalized spacial score (nSPS) is 15.3. The lowest BCUT2D eigenvalue weighted by Crippen LogP contribution is -2.38. The molecule has 0 fully saturated rings. The SMILES string of the molecule is COc1cc([C@@H]2NC(=O)c3ccccc3N2)ccc1OC(=O)c1cccs1. The number of ether oxygens (including phenoxy) is 2. The number of hydrogen-bond acceptors (Lipinski definition) is 6. The highest BCUT2D eigenvalue weighted by Crippen LogP contribution is 2.33. The largest absolute Gasteiger partial charge is 0.493 e. The third kappa shape index (κ3) is 3.37. The van der Waals surface area contributed by atoms with Crippen molar-refractivity contribution < 1.29 is 19.1 Å². The first-order valence-electron chi connectivity index (χ1n) is 8.26. The summed E-state index contributed by atoms with van der Waals surface area (Å²) < 4.78 is 10.8. The molecule has 0 saturated carbocycles. The molecule has 0 radical (unpaired) electrons. The minimum atomic E-state index is -0.436. The molecule has 2 heterocycles. The van der Waals surface area contributed by atoms with E-state index in [1.54, 1.807) is 36.4 Å². The second-order valence-corrected chi connectivity index (χ2v) is 6.82. The highest BCUT2D eigenvalue weighted by atomic mass is 32.1. The lowest BCUT2D eigenvalue weighted by atomic mass is 10.1. The smallest absolute Gasteiger partial charge is 0.353 e. The Bertz CT molecular complexity index is 1000. The summed E-state index contributed by atoms with van der Waals surface area (Å²) in [4.78, 5) is 25.0. The average Bonchev–Trinajstić information content (AvgIpc) is 3.23. The molecule has 27 heavy (non-hydrogen) atoms. The van der Waals surface area contributed by atoms with E-state index in [0.717, 1.165) is 11.3 Å². The predicted octanol–water partition coefficient (Wildman–Crippen LogP) is 3.83. The molecular formula is C20H16N2O4S. The number of para-hydroxylation sites is 1. The molecule has 136 valence electrons. The van der Waals surface area contributed by atoms with Crippen molar-refractivity contribution in [3.05, 3.63) is 76.0 Å². The van der Waals surface area contributed by atoms with E-state index in [-0.39, 0.29) is 5.91 Å². The minimum Gasteiger partial charge on any atom is -0.493 e. The van der Waals surface area contributed by atoms with Gasteiger partial charge in [0, 0.05) is 5.69 Å². The maximum absolute atomic E-state index is 12.3. The van der Waals surface area contributed by atoms with E-state index in [1.165, 1.54) is 18.4 Å². The van der Waals surface area contributed by atoms with Crippen molar-refractivity contribution in [1.82, 2.24) is 5.32 Å². The number of hydrogen-bond donors (Lipinski definition) is 2. The van der Waals surface area contributed by atoms with Crippen molar-refractivity contribution in [2.45, 2.75) is 6.17 Å². The van der Waals surface area contributed by atoms with Crippen LogP contribution in [0.25, 0.3) is 0 Å². The maximum atomic E-state index is 12.3. The fourth-order valence-electron chi connectivity index (χ4n) is 2.87. The van der Waals surface area contributed by atoms with Gasteiger partial charge in [-0.1, -0.05) is 24.3 Å². The highest BCUT2D eigenvalue weighted by molar-refractivity contribution is 7.12. The second-order valence-electron chi connectivity index (χ2n) is 5.87. The summed E-state index contributed by atoms with van der Waals surface area (Å²) in [6.07, 6.45) is -0.414. The predicted molar refractivity (Wildman–Crippen MR) is 103 cm³/mol. The van der Waals surface area contributed by atoms with E-state index in [9.17, 15) is 9.59 Å². The van der Waals surface area contributed by atoms with Crippen LogP contribution in [0.2, 0.25) is 0 Å². The molecule has 0 unspecified atom stereocenters. The van der Waals surface area contributed by atoms with Gasteiger partial charge in [0.15, 0.2) is 11.5 Å². The number of fused-ring (bicyclic) bond motifs is 1. The van der Waals surface area contributed by atoms with Crippen molar-refractivity contribution >= 4 is 28.9 Å². The third-order valence-corrected chi connectivity index (χ3v) is 5.04. The molecule has 1 amide bonds. The van der Waals surface area contributed by atoms with Gasteiger partial charge < -0.3 is 20.1 Å². The molecule has 1 aromatic heterocycles. The molecule has 7 heteroatoms. The van der Waals surface area contributed by atoms with Crippen LogP contribution in [0.5, 0.6) is 11.5 Å². The van der Waals surface area contributed by atoms with Crippen LogP contribution in [0.1, 0.15) is 31.8 Å². The Balaban J connectivity index is 1.58. The van der Waals surface area contributed by atoms with Crippen molar-refractivity contribution in [3.63, 3.8) is 0 Å². The summed E-state index contributed by atoms with van der Waals surface area (Å²) in [5.41, 5.74) is 2.14. The van der Waals surface area contributed by atoms with Crippen LogP contribution in [0, 0.1) is 0 Å². The molecule has 2 aromatic carbocycles. The first-order valence-corrected chi connectivity index (χ1v) is 9.14. The molecule has 2 N–H and O–H groups in total. The van der Waals surface area contributed by atoms with Crippen LogP contribution in [0.15, 0.2) is 60.0 Å². The maximum Gasteiger partial charge on any atom is 0.353 e. The Labute approximate surface area is 159 Å². The monoisotopic (exact) mass is 380 g/mol. The van der Waals surface area contributed by atoms with Gasteiger partial charge in [-0.3, -0.25) is 4.79 Å². The van der Waals surface area contributed by atoms with E-state index in [2.05, 4.69) is 10.6 Å². The summed E-state index contributed by atoms with van der Waals surface area (Å²) in [6.45, 7) is 0. The van der Waals surface area contributed by atoms with Gasteiger partial charge in [0.2, 0.25) is 0 Å². The van der Waals surface area contributed by atoms with Crippen LogP contribution in [-0.2, 0) is 0 Å². The molecule has 1 aliphatic heterocycles. The first kappa shape index (κ1) is 17.1. The lowest BCUT2D eigenvalue weighted by Gasteiger charge is -2.28. The number of amides is 1. The summed E-state index contributed by atoms with van der Waals surface area (Å²) in [6, 6.07) is 16.0. The zero-order valence-electron chi connectivity index (χ0n) is 14.4. The van der Waals surface area contributed by atoms with Gasteiger partial charge in [-0.2, -0.15) is 0 Å². The van der Waals surface area contributed by atoms with Gasteiger partial charge in [-0.05, 0) is 41.3 Å². The number of benzene rings is 2. The summed E-state index contributed by atoms with van der Waals surface area (Å²) in [5.74, 6) is 0.144. The Morgan fingerprint density at radius 3 is 2.67 bits per heavy atom. The zero-order valence-corrected chi connectivity index (χ0v) is 15.2. The van der Waals surface area contributed by atoms with Gasteiger partial charge in [-0.15, -0.1) is 11.3 Å². The number of anilines is 1. The van der Waals surface area contributed by atoms with Gasteiger partial charge in [0.25, 0.3) is 5.91 Å². The number of thiophene rings is 1. The van der Waals surface area contributed by atoms with E-state index >= 15 is 0 Å². The Kier molecular flexibility index (Phi) is 4.52. The molecule has 1 aliphatic rings. The van der Waals surface area contributed by atoms with E-state index < -0.39 is 12.1 Å². The van der Waals surface area contributed by atoms with Gasteiger partial charge in [0.05, 0.1) is 12.7 Å². The fraction of sp³-hybridized carbons (Fsp3) is 0.100. The minimum absolute atomic E-state index is 0.151. The van der Waals surface area contributed by atoms with Crippen LogP contribution in [0.4, 0.5) is 5.69 Å². The molecule has 0 spiro atoms. The van der Waals surface area contributed by atoms with E-state index in [4.69, 9.17) is 9.47 Å². The molecule has 4 rings (SSSR count). The third-order valence-electron chi connectivity index (χ3n) is 4.19. The van der Waals surface area contributed by atoms with Gasteiger partial charge >= 0.3 is 5.97 Å². The highest BCUT2D eigenvalue weighted by Gasteiger charge is 2.25. The van der Waals surface area contributed by atoms with Crippen molar-refractivity contribution in [3.8, 4) is 11.5 Å². The van der Waals surface area contributed by atoms with Crippen molar-refractivity contribution in [1.29, 1.82) is 0 Å². The summed E-state index contributed by atoms with van der Waals surface area (Å²) in [7, 11) is 1.50. The topological polar surface area (TPSA) is 76.7 Å². The standard InChI is InChI=1S/C20H16N2O4S/c1-25-16-11-12(8-9-15(16)26-20(24)17-7-4-10-27-17)18-21-14-6-3-2-5-13(14)19(23)22-18/h2-11,18,21H,1H3,(H,22,23)/t18-/m0/s1. The Morgan fingerprint density at radius 2 is 1.89 bits per heavy atom. The van der Waals surface area contributed by atoms with Crippen LogP contribution >= 0.6 is 11.3 Å². The quantitative estimate of drug-likeness (QED) is 0.531. The van der Waals surface area contributed by atoms with E-state index in [0.29, 0.717) is 21.9 Å². The molecular weight excluding hydrogens is 364 g/mol. The first-order chi connectivity index (χ1) is 13.2. The molecule has 1 atom stereocenters. The van der Waals surface area contributed by atoms with Crippen molar-refractivity contribution in [2.24, 2.45) is 0 Å². The zero-order chi connectivity index (χ0) is 18.8. The van der Waals surface area contributed by atoms with E-state index in [1.807, 2.05) is 23.6 Å². The van der Waals surface area contributed by atoms with Crippen LogP contribution < -0.4 is 20.1 Å². The van der Waals surface area contributed by atoms with Gasteiger partial charge in [-0.25, -0.2) is 4.79 Å². The number of rotatable bonds is 4. The Morgan fingerprint density at radius 1 is 1.04 bits per heavy atom. The van der Waals surface area contributed by atoms with Crippen LogP contribution in [0.3, 0.4) is 0 Å². The molecule has 0 bridgehead atoms. The number of carbonyl (C=O) groups is 2. The number of esters is 1. The lowest BCUT2D eigenvalue weighted by molar-refractivity contribution is 0.0734. The summed E-state index contributed by atoms with van der Waals surface area (Å²) >= 11 is 1.31. The van der Waals surface area contributed by atoms with Crippen LogP contribution in [-0.4, -0.2) is 19.0 Å². The molecule has 3 aromatic rings. The molecule has 0 saturated heterocycles. The number of methoxy groups -OCH3 is 1.